The van der Waals surface area contributed by atoms with E-state index >= 15 is 0 Å². The maximum Gasteiger partial charge on any atom is 0.446 e. The quantitative estimate of drug-likeness (QED) is 0.264. The van der Waals surface area contributed by atoms with Crippen LogP contribution >= 0.6 is 11.8 Å². The number of fused-ring (bicyclic) bond motifs is 1. The zero-order chi connectivity index (χ0) is 28.7. The van der Waals surface area contributed by atoms with E-state index in [1.807, 2.05) is 36.6 Å². The van der Waals surface area contributed by atoms with Crippen molar-refractivity contribution >= 4 is 33.1 Å². The highest BCUT2D eigenvalue weighted by Gasteiger charge is 2.37. The summed E-state index contributed by atoms with van der Waals surface area (Å²) < 4.78 is 66.3. The van der Waals surface area contributed by atoms with Crippen molar-refractivity contribution in [3.8, 4) is 11.1 Å². The minimum absolute atomic E-state index is 0.0338. The average Bonchev–Trinajstić information content (AvgIpc) is 3.34. The van der Waals surface area contributed by atoms with Crippen molar-refractivity contribution in [1.82, 2.24) is 19.6 Å². The number of hydrogen-bond acceptors (Lipinski definition) is 8. The first-order valence-corrected chi connectivity index (χ1v) is 15.1. The van der Waals surface area contributed by atoms with Gasteiger partial charge >= 0.3 is 5.51 Å². The van der Waals surface area contributed by atoms with Crippen LogP contribution in [0.5, 0.6) is 0 Å². The molecule has 5 rings (SSSR count). The Balaban J connectivity index is 1.25. The van der Waals surface area contributed by atoms with E-state index in [1.165, 1.54) is 12.1 Å². The molecule has 212 valence electrons. The van der Waals surface area contributed by atoms with E-state index in [9.17, 15) is 26.7 Å². The number of aromatic nitrogens is 4. The number of alkyl halides is 3. The van der Waals surface area contributed by atoms with Crippen LogP contribution < -0.4 is 5.32 Å². The van der Waals surface area contributed by atoms with Crippen molar-refractivity contribution in [2.45, 2.75) is 71.7 Å². The van der Waals surface area contributed by atoms with Gasteiger partial charge in [-0.05, 0) is 78.5 Å². The number of aliphatic hydroxyl groups excluding tert-OH is 1. The van der Waals surface area contributed by atoms with E-state index < -0.39 is 32.7 Å². The average molecular weight is 592 g/mol. The number of thioether (sulfide) groups is 1. The van der Waals surface area contributed by atoms with Crippen molar-refractivity contribution in [2.75, 3.05) is 5.32 Å². The van der Waals surface area contributed by atoms with Crippen LogP contribution in [-0.4, -0.2) is 56.0 Å². The van der Waals surface area contributed by atoms with Gasteiger partial charge in [-0.25, -0.2) is 13.4 Å². The van der Waals surface area contributed by atoms with Crippen molar-refractivity contribution in [3.63, 3.8) is 0 Å². The van der Waals surface area contributed by atoms with Crippen LogP contribution in [0, 0.1) is 0 Å². The standard InChI is InChI=1S/C27H28F3N5O3S2/c1-16(2)26-34-33-25-12-5-18(15-35(25)26)17-3-7-20(8-4-17)40(37,38)21-9-10-22(23(36)13-21)32-24-11-6-19(14-31-24)39-27(28,29)30/h3-8,11-12,14-16,21-23,36H,9-10,13H2,1-2H3,(H,31,32)/t21-,22-,23+/m1/s1. The fourth-order valence-corrected chi connectivity index (χ4v) is 7.22. The van der Waals surface area contributed by atoms with Gasteiger partial charge in [0.25, 0.3) is 0 Å². The Bertz CT molecular complexity index is 1590. The molecule has 0 spiro atoms. The lowest BCUT2D eigenvalue weighted by Crippen LogP contribution is -2.43. The lowest BCUT2D eigenvalue weighted by Gasteiger charge is -2.33. The van der Waals surface area contributed by atoms with Crippen molar-refractivity contribution in [1.29, 1.82) is 0 Å². The molecule has 40 heavy (non-hydrogen) atoms. The molecule has 0 radical (unpaired) electrons. The Morgan fingerprint density at radius 3 is 2.38 bits per heavy atom. The summed E-state index contributed by atoms with van der Waals surface area (Å²) in [7, 11) is -3.69. The molecule has 1 saturated carbocycles. The van der Waals surface area contributed by atoms with Gasteiger partial charge in [0, 0.05) is 23.2 Å². The molecule has 1 aliphatic carbocycles. The predicted molar refractivity (Wildman–Crippen MR) is 147 cm³/mol. The molecule has 0 bridgehead atoms. The van der Waals surface area contributed by atoms with E-state index in [4.69, 9.17) is 0 Å². The number of sulfone groups is 1. The third kappa shape index (κ3) is 6.11. The molecule has 1 aliphatic rings. The summed E-state index contributed by atoms with van der Waals surface area (Å²) in [5.74, 6) is 1.35. The van der Waals surface area contributed by atoms with Gasteiger partial charge in [0.2, 0.25) is 0 Å². The maximum absolute atomic E-state index is 13.4. The normalized spacial score (nSPS) is 20.2. The van der Waals surface area contributed by atoms with Gasteiger partial charge in [0.05, 0.1) is 22.3 Å². The zero-order valence-electron chi connectivity index (χ0n) is 21.7. The summed E-state index contributed by atoms with van der Waals surface area (Å²) in [5.41, 5.74) is -1.91. The number of rotatable bonds is 7. The number of anilines is 1. The Labute approximate surface area is 234 Å². The molecule has 0 saturated heterocycles. The summed E-state index contributed by atoms with van der Waals surface area (Å²) in [6.45, 7) is 4.08. The van der Waals surface area contributed by atoms with Crippen LogP contribution in [0.4, 0.5) is 19.0 Å². The molecule has 0 aliphatic heterocycles. The fourth-order valence-electron chi connectivity index (χ4n) is 4.91. The van der Waals surface area contributed by atoms with Gasteiger partial charge in [0.1, 0.15) is 11.6 Å². The van der Waals surface area contributed by atoms with E-state index in [-0.39, 0.29) is 33.9 Å². The van der Waals surface area contributed by atoms with Crippen LogP contribution in [-0.2, 0) is 9.84 Å². The van der Waals surface area contributed by atoms with Crippen molar-refractivity contribution in [2.24, 2.45) is 0 Å². The first-order chi connectivity index (χ1) is 18.9. The Hall–Kier alpha value is -3.16. The van der Waals surface area contributed by atoms with Gasteiger partial charge < -0.3 is 10.4 Å². The minimum atomic E-state index is -4.40. The summed E-state index contributed by atoms with van der Waals surface area (Å²) >= 11 is -0.254. The Kier molecular flexibility index (Phi) is 7.81. The van der Waals surface area contributed by atoms with Gasteiger partial charge in [-0.2, -0.15) is 13.2 Å². The molecule has 3 aromatic heterocycles. The number of nitrogens with one attached hydrogen (secondary N) is 1. The first-order valence-electron chi connectivity index (χ1n) is 12.8. The molecule has 13 heteroatoms. The van der Waals surface area contributed by atoms with Gasteiger partial charge in [-0.1, -0.05) is 26.0 Å². The topological polar surface area (TPSA) is 109 Å². The highest BCUT2D eigenvalue weighted by atomic mass is 32.2. The van der Waals surface area contributed by atoms with Gasteiger partial charge in [0.15, 0.2) is 15.5 Å². The predicted octanol–water partition coefficient (Wildman–Crippen LogP) is 5.69. The van der Waals surface area contributed by atoms with Crippen LogP contribution in [0.1, 0.15) is 44.9 Å². The second kappa shape index (κ2) is 11.0. The van der Waals surface area contributed by atoms with Crippen LogP contribution in [0.25, 0.3) is 16.8 Å². The zero-order valence-corrected chi connectivity index (χ0v) is 23.3. The van der Waals surface area contributed by atoms with Crippen molar-refractivity contribution in [3.05, 3.63) is 66.7 Å². The molecule has 1 fully saturated rings. The van der Waals surface area contributed by atoms with E-state index in [0.717, 1.165) is 28.8 Å². The molecule has 3 atom stereocenters. The molecule has 3 heterocycles. The van der Waals surface area contributed by atoms with E-state index in [1.54, 1.807) is 24.3 Å². The van der Waals surface area contributed by atoms with Crippen LogP contribution in [0.2, 0.25) is 0 Å². The molecular formula is C27H28F3N5O3S2. The Morgan fingerprint density at radius 1 is 1.02 bits per heavy atom. The molecule has 0 amide bonds. The third-order valence-electron chi connectivity index (χ3n) is 6.97. The van der Waals surface area contributed by atoms with Crippen LogP contribution in [0.3, 0.4) is 0 Å². The van der Waals surface area contributed by atoms with E-state index in [0.29, 0.717) is 18.7 Å². The smallest absolute Gasteiger partial charge is 0.391 e. The number of aliphatic hydroxyl groups is 1. The molecule has 1 aromatic carbocycles. The number of benzene rings is 1. The molecule has 2 N–H and O–H groups in total. The van der Waals surface area contributed by atoms with Crippen LogP contribution in [0.15, 0.2) is 70.7 Å². The monoisotopic (exact) mass is 591 g/mol. The molecule has 8 nitrogen and oxygen atoms in total. The van der Waals surface area contributed by atoms with Crippen molar-refractivity contribution < 1.29 is 26.7 Å². The number of pyridine rings is 2. The SMILES string of the molecule is CC(C)c1nnc2ccc(-c3ccc(S(=O)(=O)[C@@H]4CC[C@@H](Nc5ccc(SC(F)(F)F)cn5)[C@@H](O)C4)cc3)cn12. The summed E-state index contributed by atoms with van der Waals surface area (Å²) in [4.78, 5) is 4.14. The molecule has 4 aromatic rings. The second-order valence-corrected chi connectivity index (χ2v) is 13.5. The number of halogens is 3. The summed E-state index contributed by atoms with van der Waals surface area (Å²) in [6.07, 6.45) is 2.80. The number of nitrogens with zero attached hydrogens (tertiary/aromatic N) is 4. The highest BCUT2D eigenvalue weighted by molar-refractivity contribution is 8.00. The second-order valence-electron chi connectivity index (χ2n) is 10.1. The van der Waals surface area contributed by atoms with Gasteiger partial charge in [-0.3, -0.25) is 4.40 Å². The largest absolute Gasteiger partial charge is 0.446 e. The maximum atomic E-state index is 13.4. The number of hydrogen-bond donors (Lipinski definition) is 2. The Morgan fingerprint density at radius 2 is 1.75 bits per heavy atom. The first kappa shape index (κ1) is 28.4. The summed E-state index contributed by atoms with van der Waals surface area (Å²) in [5, 5.41) is 21.4. The minimum Gasteiger partial charge on any atom is -0.391 e. The molecular weight excluding hydrogens is 563 g/mol. The lowest BCUT2D eigenvalue weighted by molar-refractivity contribution is -0.0328. The lowest BCUT2D eigenvalue weighted by atomic mass is 9.92. The summed E-state index contributed by atoms with van der Waals surface area (Å²) in [6, 6.07) is 12.7. The third-order valence-corrected chi connectivity index (χ3v) is 9.92. The van der Waals surface area contributed by atoms with Gasteiger partial charge in [-0.15, -0.1) is 10.2 Å². The highest BCUT2D eigenvalue weighted by Crippen LogP contribution is 2.37. The fraction of sp³-hybridized carbons (Fsp3) is 0.370. The molecule has 0 unspecified atom stereocenters. The van der Waals surface area contributed by atoms with E-state index in [2.05, 4.69) is 20.5 Å².